The number of aryl methyl sites for hydroxylation is 1. The fourth-order valence-corrected chi connectivity index (χ4v) is 2.24. The highest BCUT2D eigenvalue weighted by atomic mass is 79.9. The smallest absolute Gasteiger partial charge is 0.274 e. The Morgan fingerprint density at radius 1 is 1.35 bits per heavy atom. The minimum Gasteiger partial charge on any atom is -0.354 e. The van der Waals surface area contributed by atoms with E-state index < -0.39 is 4.92 Å². The van der Waals surface area contributed by atoms with E-state index in [4.69, 9.17) is 5.26 Å². The van der Waals surface area contributed by atoms with Gasteiger partial charge >= 0.3 is 0 Å². The minimum atomic E-state index is -0.424. The van der Waals surface area contributed by atoms with Gasteiger partial charge in [-0.15, -0.1) is 0 Å². The Kier molecular flexibility index (Phi) is 4.01. The molecule has 2 aromatic rings. The fourth-order valence-electron chi connectivity index (χ4n) is 1.78. The highest BCUT2D eigenvalue weighted by Crippen LogP contribution is 2.29. The monoisotopic (exact) mass is 331 g/mol. The molecule has 20 heavy (non-hydrogen) atoms. The van der Waals surface area contributed by atoms with Crippen LogP contribution in [0.2, 0.25) is 0 Å². The maximum Gasteiger partial charge on any atom is 0.274 e. The van der Waals surface area contributed by atoms with Crippen LogP contribution >= 0.6 is 15.9 Å². The number of nitrogens with one attached hydrogen (secondary N) is 1. The zero-order valence-corrected chi connectivity index (χ0v) is 12.1. The second-order valence-corrected chi connectivity index (χ2v) is 5.01. The summed E-state index contributed by atoms with van der Waals surface area (Å²) < 4.78 is 0.673. The van der Waals surface area contributed by atoms with Crippen LogP contribution in [0, 0.1) is 28.4 Å². The van der Waals surface area contributed by atoms with Gasteiger partial charge in [0.2, 0.25) is 0 Å². The van der Waals surface area contributed by atoms with Crippen LogP contribution < -0.4 is 5.32 Å². The summed E-state index contributed by atoms with van der Waals surface area (Å²) in [5.41, 5.74) is 2.26. The lowest BCUT2D eigenvalue weighted by Gasteiger charge is -2.09. The number of nitro groups is 1. The van der Waals surface area contributed by atoms with Gasteiger partial charge in [0.1, 0.15) is 6.07 Å². The van der Waals surface area contributed by atoms with Gasteiger partial charge in [-0.1, -0.05) is 12.1 Å². The van der Waals surface area contributed by atoms with Crippen LogP contribution in [0.4, 0.5) is 17.1 Å². The van der Waals surface area contributed by atoms with Gasteiger partial charge in [0.25, 0.3) is 5.69 Å². The Labute approximate surface area is 124 Å². The van der Waals surface area contributed by atoms with E-state index in [2.05, 4.69) is 27.3 Å². The van der Waals surface area contributed by atoms with Gasteiger partial charge in [-0.3, -0.25) is 10.1 Å². The van der Waals surface area contributed by atoms with Crippen molar-refractivity contribution in [2.75, 3.05) is 5.32 Å². The highest BCUT2D eigenvalue weighted by Gasteiger charge is 2.12. The van der Waals surface area contributed by atoms with Crippen molar-refractivity contribution in [3.05, 3.63) is 62.1 Å². The molecule has 6 heteroatoms. The molecule has 0 radical (unpaired) electrons. The number of rotatable bonds is 3. The summed E-state index contributed by atoms with van der Waals surface area (Å²) in [6.45, 7) is 1.68. The molecule has 1 N–H and O–H groups in total. The van der Waals surface area contributed by atoms with E-state index in [0.29, 0.717) is 27.0 Å². The average Bonchev–Trinajstić information content (AvgIpc) is 2.41. The van der Waals surface area contributed by atoms with Crippen molar-refractivity contribution in [3.63, 3.8) is 0 Å². The second kappa shape index (κ2) is 5.72. The Bertz CT molecular complexity index is 723. The fraction of sp³-hybridized carbons (Fsp3) is 0.0714. The molecule has 0 aliphatic rings. The first-order valence-electron chi connectivity index (χ1n) is 5.73. The molecule has 100 valence electrons. The molecule has 0 atom stereocenters. The van der Waals surface area contributed by atoms with Gasteiger partial charge in [-0.05, 0) is 41.1 Å². The van der Waals surface area contributed by atoms with E-state index in [0.717, 1.165) is 0 Å². The molecular weight excluding hydrogens is 322 g/mol. The van der Waals surface area contributed by atoms with E-state index in [1.807, 2.05) is 0 Å². The number of hydrogen-bond donors (Lipinski definition) is 1. The largest absolute Gasteiger partial charge is 0.354 e. The maximum atomic E-state index is 10.9. The van der Waals surface area contributed by atoms with Crippen molar-refractivity contribution in [2.45, 2.75) is 6.92 Å². The summed E-state index contributed by atoms with van der Waals surface area (Å²) in [5.74, 6) is 0. The zero-order valence-electron chi connectivity index (χ0n) is 10.6. The third-order valence-electron chi connectivity index (χ3n) is 2.81. The number of nitrogens with zero attached hydrogens (tertiary/aromatic N) is 2. The molecule has 0 saturated carbocycles. The predicted octanol–water partition coefficient (Wildman–Crippen LogP) is 4.28. The molecule has 0 fully saturated rings. The number of nitro benzene ring substituents is 1. The Morgan fingerprint density at radius 3 is 2.75 bits per heavy atom. The molecule has 0 aliphatic heterocycles. The van der Waals surface area contributed by atoms with Crippen LogP contribution in [0.5, 0.6) is 0 Å². The van der Waals surface area contributed by atoms with E-state index >= 15 is 0 Å². The molecule has 0 amide bonds. The number of halogens is 1. The van der Waals surface area contributed by atoms with Crippen molar-refractivity contribution in [3.8, 4) is 6.07 Å². The first kappa shape index (κ1) is 14.0. The topological polar surface area (TPSA) is 79.0 Å². The molecule has 2 rings (SSSR count). The predicted molar refractivity (Wildman–Crippen MR) is 80.0 cm³/mol. The third kappa shape index (κ3) is 2.78. The molecule has 0 bridgehead atoms. The summed E-state index contributed by atoms with van der Waals surface area (Å²) in [6.07, 6.45) is 0. The van der Waals surface area contributed by atoms with Gasteiger partial charge in [0.15, 0.2) is 0 Å². The zero-order chi connectivity index (χ0) is 14.7. The number of benzene rings is 2. The van der Waals surface area contributed by atoms with E-state index in [1.165, 1.54) is 6.07 Å². The van der Waals surface area contributed by atoms with Crippen LogP contribution in [0.3, 0.4) is 0 Å². The first-order valence-corrected chi connectivity index (χ1v) is 6.53. The standard InChI is InChI=1S/C14H10BrN3O2/c1-9-5-6-10(7-14(9)18(19)20)17-13-4-2-3-12(15)11(13)8-16/h2-7,17H,1H3. The van der Waals surface area contributed by atoms with Crippen LogP contribution in [-0.2, 0) is 0 Å². The Hall–Kier alpha value is -2.39. The van der Waals surface area contributed by atoms with E-state index in [-0.39, 0.29) is 5.69 Å². The van der Waals surface area contributed by atoms with E-state index in [1.54, 1.807) is 37.3 Å². The summed E-state index contributed by atoms with van der Waals surface area (Å²) in [6, 6.07) is 12.3. The summed E-state index contributed by atoms with van der Waals surface area (Å²) >= 11 is 3.30. The van der Waals surface area contributed by atoms with Crippen molar-refractivity contribution in [1.29, 1.82) is 5.26 Å². The van der Waals surface area contributed by atoms with Gasteiger partial charge < -0.3 is 5.32 Å². The molecule has 2 aromatic carbocycles. The second-order valence-electron chi connectivity index (χ2n) is 4.16. The van der Waals surface area contributed by atoms with Crippen LogP contribution in [-0.4, -0.2) is 4.92 Å². The summed E-state index contributed by atoms with van der Waals surface area (Å²) in [5, 5.41) is 23.1. The lowest BCUT2D eigenvalue weighted by molar-refractivity contribution is -0.385. The van der Waals surface area contributed by atoms with Gasteiger partial charge in [-0.25, -0.2) is 0 Å². The molecule has 0 aliphatic carbocycles. The molecule has 5 nitrogen and oxygen atoms in total. The average molecular weight is 332 g/mol. The van der Waals surface area contributed by atoms with E-state index in [9.17, 15) is 10.1 Å². The maximum absolute atomic E-state index is 10.9. The van der Waals surface area contributed by atoms with Crippen molar-refractivity contribution in [2.24, 2.45) is 0 Å². The molecular formula is C14H10BrN3O2. The van der Waals surface area contributed by atoms with Crippen LogP contribution in [0.1, 0.15) is 11.1 Å². The van der Waals surface area contributed by atoms with Gasteiger partial charge in [-0.2, -0.15) is 5.26 Å². The van der Waals surface area contributed by atoms with Crippen molar-refractivity contribution >= 4 is 33.0 Å². The lowest BCUT2D eigenvalue weighted by atomic mass is 10.1. The SMILES string of the molecule is Cc1ccc(Nc2cccc(Br)c2C#N)cc1[N+](=O)[O-]. The Balaban J connectivity index is 2.41. The quantitative estimate of drug-likeness (QED) is 0.672. The van der Waals surface area contributed by atoms with Crippen LogP contribution in [0.25, 0.3) is 0 Å². The third-order valence-corrected chi connectivity index (χ3v) is 3.47. The molecule has 0 saturated heterocycles. The number of hydrogen-bond acceptors (Lipinski definition) is 4. The molecule has 0 aromatic heterocycles. The Morgan fingerprint density at radius 2 is 2.10 bits per heavy atom. The van der Waals surface area contributed by atoms with Crippen LogP contribution in [0.15, 0.2) is 40.9 Å². The van der Waals surface area contributed by atoms with Crippen molar-refractivity contribution < 1.29 is 4.92 Å². The van der Waals surface area contributed by atoms with Crippen molar-refractivity contribution in [1.82, 2.24) is 0 Å². The highest BCUT2D eigenvalue weighted by molar-refractivity contribution is 9.10. The normalized spacial score (nSPS) is 9.85. The summed E-state index contributed by atoms with van der Waals surface area (Å²) in [7, 11) is 0. The molecule has 0 unspecified atom stereocenters. The lowest BCUT2D eigenvalue weighted by Crippen LogP contribution is -1.97. The minimum absolute atomic E-state index is 0.0449. The number of anilines is 2. The van der Waals surface area contributed by atoms with Gasteiger partial charge in [0.05, 0.1) is 16.2 Å². The summed E-state index contributed by atoms with van der Waals surface area (Å²) in [4.78, 5) is 10.5. The number of nitriles is 1. The molecule has 0 heterocycles. The molecule has 0 spiro atoms. The van der Waals surface area contributed by atoms with Gasteiger partial charge in [0, 0.05) is 21.8 Å². The first-order chi connectivity index (χ1) is 9.52.